The molecule has 0 fully saturated rings. The molecule has 3 nitrogen and oxygen atoms in total. The van der Waals surface area contributed by atoms with E-state index in [2.05, 4.69) is 19.2 Å². The van der Waals surface area contributed by atoms with Crippen LogP contribution in [0.3, 0.4) is 0 Å². The number of carbonyl (C=O) groups is 2. The fourth-order valence-corrected chi connectivity index (χ4v) is 2.23. The third-order valence-corrected chi connectivity index (χ3v) is 3.54. The third-order valence-electron chi connectivity index (χ3n) is 3.54. The molecule has 0 aromatic rings. The van der Waals surface area contributed by atoms with E-state index in [9.17, 15) is 9.59 Å². The molecule has 21 heavy (non-hydrogen) atoms. The number of ketones is 1. The summed E-state index contributed by atoms with van der Waals surface area (Å²) >= 11 is 0. The lowest BCUT2D eigenvalue weighted by molar-refractivity contribution is -0.125. The van der Waals surface area contributed by atoms with Gasteiger partial charge in [-0.1, -0.05) is 31.4 Å². The molecule has 0 aliphatic carbocycles. The fourth-order valence-electron chi connectivity index (χ4n) is 2.23. The van der Waals surface area contributed by atoms with Crippen LogP contribution >= 0.6 is 0 Å². The van der Waals surface area contributed by atoms with Crippen LogP contribution in [0.15, 0.2) is 59.8 Å². The lowest BCUT2D eigenvalue weighted by atomic mass is 9.98. The maximum atomic E-state index is 11.5. The maximum Gasteiger partial charge on any atom is 0.246 e. The van der Waals surface area contributed by atoms with Crippen molar-refractivity contribution in [2.75, 3.05) is 13.1 Å². The van der Waals surface area contributed by atoms with Crippen molar-refractivity contribution in [2.24, 2.45) is 0 Å². The van der Waals surface area contributed by atoms with Crippen molar-refractivity contribution in [3.8, 4) is 0 Å². The van der Waals surface area contributed by atoms with Gasteiger partial charge in [0.05, 0.1) is 0 Å². The Morgan fingerprint density at radius 1 is 1.24 bits per heavy atom. The van der Waals surface area contributed by atoms with E-state index < -0.39 is 0 Å². The molecule has 0 unspecified atom stereocenters. The Morgan fingerprint density at radius 3 is 2.33 bits per heavy atom. The highest BCUT2D eigenvalue weighted by Gasteiger charge is 2.15. The Hall–Kier alpha value is -2.16. The number of Topliss-reactive ketones (excluding diaryl/α,β-unsaturated/α-hetero) is 1. The summed E-state index contributed by atoms with van der Waals surface area (Å²) in [5, 5.41) is 0. The first-order chi connectivity index (χ1) is 9.86. The van der Waals surface area contributed by atoms with Gasteiger partial charge in [0, 0.05) is 18.7 Å². The highest BCUT2D eigenvalue weighted by Crippen LogP contribution is 2.20. The van der Waals surface area contributed by atoms with Gasteiger partial charge >= 0.3 is 0 Å². The summed E-state index contributed by atoms with van der Waals surface area (Å²) < 4.78 is 0. The number of nitrogens with zero attached hydrogens (tertiary/aromatic N) is 1. The van der Waals surface area contributed by atoms with Gasteiger partial charge in [0.2, 0.25) is 5.91 Å². The molecule has 0 saturated heterocycles. The summed E-state index contributed by atoms with van der Waals surface area (Å²) in [6.07, 6.45) is 7.98. The molecule has 1 amide bonds. The van der Waals surface area contributed by atoms with Crippen LogP contribution in [0.1, 0.15) is 27.2 Å². The zero-order chi connectivity index (χ0) is 16.0. The average Bonchev–Trinajstić information content (AvgIpc) is 2.45. The molecule has 0 radical (unpaired) electrons. The van der Waals surface area contributed by atoms with Gasteiger partial charge in [0.1, 0.15) is 0 Å². The van der Waals surface area contributed by atoms with E-state index in [4.69, 9.17) is 0 Å². The van der Waals surface area contributed by atoms with Gasteiger partial charge in [-0.2, -0.15) is 0 Å². The second kappa shape index (κ2) is 7.58. The quantitative estimate of drug-likeness (QED) is 0.573. The molecule has 112 valence electrons. The standard InChI is InChI=1S/C18H23NO2/c1-6-18(21)19-11-9-16(10-12-19)14(4)7-8-17(13(2)3)15(5)20/h6-9H,1-2,10-12H2,3-5H3/b14-7+,17-8+. The lowest BCUT2D eigenvalue weighted by Crippen LogP contribution is -2.33. The molecule has 0 aromatic heterocycles. The first-order valence-electron chi connectivity index (χ1n) is 7.03. The van der Waals surface area contributed by atoms with E-state index in [1.54, 1.807) is 11.8 Å². The van der Waals surface area contributed by atoms with Crippen molar-refractivity contribution in [1.82, 2.24) is 4.90 Å². The zero-order valence-electron chi connectivity index (χ0n) is 13.1. The van der Waals surface area contributed by atoms with Gasteiger partial charge in [-0.15, -0.1) is 0 Å². The van der Waals surface area contributed by atoms with E-state index in [0.717, 1.165) is 17.6 Å². The van der Waals surface area contributed by atoms with Crippen molar-refractivity contribution < 1.29 is 9.59 Å². The number of allylic oxidation sites excluding steroid dienone is 5. The number of carbonyl (C=O) groups excluding carboxylic acids is 2. The van der Waals surface area contributed by atoms with E-state index in [0.29, 0.717) is 18.7 Å². The second-order valence-electron chi connectivity index (χ2n) is 5.23. The summed E-state index contributed by atoms with van der Waals surface area (Å²) in [5.74, 6) is -0.0140. The number of rotatable bonds is 5. The van der Waals surface area contributed by atoms with Gasteiger partial charge in [-0.25, -0.2) is 0 Å². The van der Waals surface area contributed by atoms with Crippen LogP contribution in [0.4, 0.5) is 0 Å². The topological polar surface area (TPSA) is 37.4 Å². The number of amides is 1. The van der Waals surface area contributed by atoms with Crippen molar-refractivity contribution >= 4 is 11.7 Å². The molecule has 0 spiro atoms. The Labute approximate surface area is 127 Å². The fraction of sp³-hybridized carbons (Fsp3) is 0.333. The van der Waals surface area contributed by atoms with E-state index >= 15 is 0 Å². The summed E-state index contributed by atoms with van der Waals surface area (Å²) in [5.41, 5.74) is 3.74. The summed E-state index contributed by atoms with van der Waals surface area (Å²) in [6, 6.07) is 0. The van der Waals surface area contributed by atoms with Crippen molar-refractivity contribution in [1.29, 1.82) is 0 Å². The summed E-state index contributed by atoms with van der Waals surface area (Å²) in [7, 11) is 0. The predicted molar refractivity (Wildman–Crippen MR) is 86.8 cm³/mol. The second-order valence-corrected chi connectivity index (χ2v) is 5.23. The molecule has 1 rings (SSSR count). The number of hydrogen-bond acceptors (Lipinski definition) is 2. The third kappa shape index (κ3) is 4.71. The minimum atomic E-state index is -0.0343. The molecule has 0 bridgehead atoms. The van der Waals surface area contributed by atoms with Crippen LogP contribution < -0.4 is 0 Å². The first kappa shape index (κ1) is 16.9. The molecule has 0 saturated carbocycles. The summed E-state index contributed by atoms with van der Waals surface area (Å²) in [6.45, 7) is 14.0. The highest BCUT2D eigenvalue weighted by molar-refractivity contribution is 5.97. The van der Waals surface area contributed by atoms with Crippen LogP contribution in [-0.4, -0.2) is 29.7 Å². The van der Waals surface area contributed by atoms with Gasteiger partial charge in [0.25, 0.3) is 0 Å². The summed E-state index contributed by atoms with van der Waals surface area (Å²) in [4.78, 5) is 24.8. The first-order valence-corrected chi connectivity index (χ1v) is 7.03. The average molecular weight is 285 g/mol. The van der Waals surface area contributed by atoms with E-state index in [1.165, 1.54) is 11.6 Å². The Morgan fingerprint density at radius 2 is 1.90 bits per heavy atom. The van der Waals surface area contributed by atoms with E-state index in [-0.39, 0.29) is 11.7 Å². The van der Waals surface area contributed by atoms with Gasteiger partial charge in [-0.05, 0) is 50.0 Å². The molecular weight excluding hydrogens is 262 g/mol. The smallest absolute Gasteiger partial charge is 0.246 e. The normalized spacial score (nSPS) is 16.3. The maximum absolute atomic E-state index is 11.5. The van der Waals surface area contributed by atoms with Crippen LogP contribution in [0, 0.1) is 0 Å². The highest BCUT2D eigenvalue weighted by atomic mass is 16.2. The largest absolute Gasteiger partial charge is 0.335 e. The van der Waals surface area contributed by atoms with Crippen LogP contribution in [0.5, 0.6) is 0 Å². The van der Waals surface area contributed by atoms with Crippen molar-refractivity contribution in [3.63, 3.8) is 0 Å². The molecule has 1 aliphatic rings. The lowest BCUT2D eigenvalue weighted by Gasteiger charge is -2.25. The molecule has 1 heterocycles. The molecule has 0 N–H and O–H groups in total. The van der Waals surface area contributed by atoms with E-state index in [1.807, 2.05) is 26.0 Å². The molecule has 1 aliphatic heterocycles. The molecule has 3 heteroatoms. The Kier molecular flexibility index (Phi) is 6.10. The van der Waals surface area contributed by atoms with Crippen molar-refractivity contribution in [2.45, 2.75) is 27.2 Å². The van der Waals surface area contributed by atoms with Crippen LogP contribution in [0.25, 0.3) is 0 Å². The van der Waals surface area contributed by atoms with Gasteiger partial charge < -0.3 is 4.90 Å². The monoisotopic (exact) mass is 285 g/mol. The molecular formula is C18H23NO2. The van der Waals surface area contributed by atoms with Gasteiger partial charge in [-0.3, -0.25) is 9.59 Å². The minimum Gasteiger partial charge on any atom is -0.335 e. The Bertz CT molecular complexity index is 546. The molecule has 0 aromatic carbocycles. The predicted octanol–water partition coefficient (Wildman–Crippen LogP) is 3.37. The Balaban J connectivity index is 2.85. The number of hydrogen-bond donors (Lipinski definition) is 0. The minimum absolute atomic E-state index is 0.0203. The van der Waals surface area contributed by atoms with Crippen molar-refractivity contribution in [3.05, 3.63) is 59.8 Å². The van der Waals surface area contributed by atoms with Crippen LogP contribution in [0.2, 0.25) is 0 Å². The molecule has 0 atom stereocenters. The van der Waals surface area contributed by atoms with Crippen LogP contribution in [-0.2, 0) is 9.59 Å². The SMILES string of the molecule is C=CC(=O)N1CC=C(/C(C)=C/C=C(\C(=C)C)C(C)=O)CC1. The van der Waals surface area contributed by atoms with Gasteiger partial charge in [0.15, 0.2) is 5.78 Å². The zero-order valence-corrected chi connectivity index (χ0v) is 13.1.